The molecule has 0 saturated heterocycles. The number of benzene rings is 1. The Hall–Kier alpha value is -2.80. The summed E-state index contributed by atoms with van der Waals surface area (Å²) in [7, 11) is 0. The smallest absolute Gasteiger partial charge is 0.262 e. The Bertz CT molecular complexity index is 1160. The predicted molar refractivity (Wildman–Crippen MR) is 118 cm³/mol. The van der Waals surface area contributed by atoms with Gasteiger partial charge in [-0.15, -0.1) is 11.3 Å². The molecule has 3 aromatic rings. The second-order valence-electron chi connectivity index (χ2n) is 8.06. The number of thiophene rings is 1. The molecule has 7 heteroatoms. The minimum Gasteiger partial charge on any atom is -0.356 e. The van der Waals surface area contributed by atoms with Crippen LogP contribution in [0.4, 0.5) is 0 Å². The number of rotatable bonds is 6. The molecule has 1 aliphatic rings. The van der Waals surface area contributed by atoms with Crippen LogP contribution < -0.4 is 10.9 Å². The SMILES string of the molecule is CC(=O)NCCc1ccc(C(=O)Cn2cnc3sc4c(c3c2=O)CC[C@H](C)C4)cc1. The second-order valence-corrected chi connectivity index (χ2v) is 9.15. The summed E-state index contributed by atoms with van der Waals surface area (Å²) < 4.78 is 1.43. The molecule has 1 aromatic carbocycles. The van der Waals surface area contributed by atoms with Gasteiger partial charge in [0.15, 0.2) is 5.78 Å². The summed E-state index contributed by atoms with van der Waals surface area (Å²) in [6.07, 6.45) is 5.19. The molecule has 0 fully saturated rings. The van der Waals surface area contributed by atoms with Gasteiger partial charge in [-0.1, -0.05) is 31.2 Å². The van der Waals surface area contributed by atoms with Crippen LogP contribution in [0.2, 0.25) is 0 Å². The number of carbonyl (C=O) groups excluding carboxylic acids is 2. The van der Waals surface area contributed by atoms with Gasteiger partial charge in [-0.05, 0) is 42.7 Å². The standard InChI is InChI=1S/C23H25N3O3S/c1-14-3-8-18-20(11-14)30-22-21(18)23(29)26(13-25-22)12-19(28)17-6-4-16(5-7-17)9-10-24-15(2)27/h4-7,13-14H,3,8-12H2,1-2H3,(H,24,27)/t14-/m0/s1. The number of fused-ring (bicyclic) bond motifs is 3. The van der Waals surface area contributed by atoms with Crippen molar-refractivity contribution in [1.29, 1.82) is 0 Å². The second kappa shape index (κ2) is 8.52. The summed E-state index contributed by atoms with van der Waals surface area (Å²) in [4.78, 5) is 43.3. The van der Waals surface area contributed by atoms with E-state index in [0.717, 1.165) is 35.2 Å². The van der Waals surface area contributed by atoms with Gasteiger partial charge in [-0.3, -0.25) is 19.0 Å². The van der Waals surface area contributed by atoms with Gasteiger partial charge in [-0.2, -0.15) is 0 Å². The summed E-state index contributed by atoms with van der Waals surface area (Å²) in [6.45, 7) is 4.27. The Morgan fingerprint density at radius 1 is 1.27 bits per heavy atom. The number of ketones is 1. The third-order valence-electron chi connectivity index (χ3n) is 5.66. The molecule has 0 radical (unpaired) electrons. The first-order chi connectivity index (χ1) is 14.4. The molecule has 0 aliphatic heterocycles. The number of hydrogen-bond donors (Lipinski definition) is 1. The first-order valence-electron chi connectivity index (χ1n) is 10.3. The van der Waals surface area contributed by atoms with Gasteiger partial charge in [0.2, 0.25) is 5.91 Å². The van der Waals surface area contributed by atoms with Gasteiger partial charge in [-0.25, -0.2) is 4.98 Å². The van der Waals surface area contributed by atoms with Crippen LogP contribution >= 0.6 is 11.3 Å². The van der Waals surface area contributed by atoms with Crippen LogP contribution in [0, 0.1) is 5.92 Å². The third kappa shape index (κ3) is 4.21. The quantitative estimate of drug-likeness (QED) is 0.618. The van der Waals surface area contributed by atoms with Gasteiger partial charge in [0.1, 0.15) is 4.83 Å². The fraction of sp³-hybridized carbons (Fsp3) is 0.391. The van der Waals surface area contributed by atoms with Crippen LogP contribution in [0.25, 0.3) is 10.2 Å². The van der Waals surface area contributed by atoms with Crippen molar-refractivity contribution in [3.63, 3.8) is 0 Å². The van der Waals surface area contributed by atoms with Crippen molar-refractivity contribution >= 4 is 33.2 Å². The zero-order valence-electron chi connectivity index (χ0n) is 17.2. The van der Waals surface area contributed by atoms with Gasteiger partial charge >= 0.3 is 0 Å². The fourth-order valence-electron chi connectivity index (χ4n) is 3.96. The molecule has 1 amide bonds. The Morgan fingerprint density at radius 2 is 2.03 bits per heavy atom. The van der Waals surface area contributed by atoms with E-state index in [9.17, 15) is 14.4 Å². The highest BCUT2D eigenvalue weighted by Crippen LogP contribution is 2.35. The Kier molecular flexibility index (Phi) is 5.81. The summed E-state index contributed by atoms with van der Waals surface area (Å²) in [5, 5.41) is 3.46. The van der Waals surface area contributed by atoms with Crippen LogP contribution in [0.3, 0.4) is 0 Å². The van der Waals surface area contributed by atoms with Gasteiger partial charge in [0.05, 0.1) is 18.3 Å². The van der Waals surface area contributed by atoms with Gasteiger partial charge in [0, 0.05) is 23.9 Å². The molecule has 4 rings (SSSR count). The van der Waals surface area contributed by atoms with Crippen molar-refractivity contribution in [3.05, 3.63) is 62.5 Å². The molecular formula is C23H25N3O3S. The Balaban J connectivity index is 1.51. The number of nitrogens with one attached hydrogen (secondary N) is 1. The van der Waals surface area contributed by atoms with E-state index in [2.05, 4.69) is 17.2 Å². The van der Waals surface area contributed by atoms with Crippen LogP contribution in [-0.2, 0) is 30.6 Å². The van der Waals surface area contributed by atoms with Crippen molar-refractivity contribution in [2.75, 3.05) is 6.54 Å². The molecule has 30 heavy (non-hydrogen) atoms. The zero-order valence-corrected chi connectivity index (χ0v) is 18.1. The van der Waals surface area contributed by atoms with E-state index >= 15 is 0 Å². The van der Waals surface area contributed by atoms with E-state index in [-0.39, 0.29) is 23.8 Å². The number of amides is 1. The Labute approximate surface area is 179 Å². The maximum atomic E-state index is 13.1. The van der Waals surface area contributed by atoms with Crippen molar-refractivity contribution in [2.24, 2.45) is 5.92 Å². The van der Waals surface area contributed by atoms with Gasteiger partial charge < -0.3 is 5.32 Å². The summed E-state index contributed by atoms with van der Waals surface area (Å²) in [5.74, 6) is 0.458. The minimum absolute atomic E-state index is 0.0198. The van der Waals surface area contributed by atoms with Crippen LogP contribution in [0.5, 0.6) is 0 Å². The van der Waals surface area contributed by atoms with Crippen LogP contribution in [-0.4, -0.2) is 27.8 Å². The van der Waals surface area contributed by atoms with Crippen molar-refractivity contribution in [1.82, 2.24) is 14.9 Å². The first-order valence-corrected chi connectivity index (χ1v) is 11.1. The maximum Gasteiger partial charge on any atom is 0.262 e. The molecule has 1 aliphatic carbocycles. The number of aryl methyl sites for hydroxylation is 1. The lowest BCUT2D eigenvalue weighted by Crippen LogP contribution is -2.25. The lowest BCUT2D eigenvalue weighted by atomic mass is 9.89. The highest BCUT2D eigenvalue weighted by atomic mass is 32.1. The fourth-order valence-corrected chi connectivity index (χ4v) is 5.31. The van der Waals surface area contributed by atoms with Crippen molar-refractivity contribution < 1.29 is 9.59 Å². The molecule has 2 heterocycles. The minimum atomic E-state index is -0.121. The molecule has 0 bridgehead atoms. The lowest BCUT2D eigenvalue weighted by molar-refractivity contribution is -0.118. The Morgan fingerprint density at radius 3 is 2.77 bits per heavy atom. The number of Topliss-reactive ketones (excluding diaryl/α,β-unsaturated/α-hetero) is 1. The normalized spacial score (nSPS) is 15.7. The molecule has 0 unspecified atom stereocenters. The first kappa shape index (κ1) is 20.5. The molecule has 1 N–H and O–H groups in total. The third-order valence-corrected chi connectivity index (χ3v) is 6.82. The number of carbonyl (C=O) groups is 2. The van der Waals surface area contributed by atoms with Crippen LogP contribution in [0.1, 0.15) is 46.6 Å². The largest absolute Gasteiger partial charge is 0.356 e. The van der Waals surface area contributed by atoms with E-state index < -0.39 is 0 Å². The van der Waals surface area contributed by atoms with Gasteiger partial charge in [0.25, 0.3) is 5.56 Å². The molecular weight excluding hydrogens is 398 g/mol. The molecule has 1 atom stereocenters. The monoisotopic (exact) mass is 423 g/mol. The number of nitrogens with zero attached hydrogens (tertiary/aromatic N) is 2. The van der Waals surface area contributed by atoms with E-state index in [0.29, 0.717) is 29.8 Å². The lowest BCUT2D eigenvalue weighted by Gasteiger charge is -2.17. The molecule has 2 aromatic heterocycles. The zero-order chi connectivity index (χ0) is 21.3. The van der Waals surface area contributed by atoms with Crippen LogP contribution in [0.15, 0.2) is 35.4 Å². The number of hydrogen-bond acceptors (Lipinski definition) is 5. The number of aromatic nitrogens is 2. The molecule has 0 saturated carbocycles. The van der Waals surface area contributed by atoms with E-state index in [1.165, 1.54) is 22.7 Å². The van der Waals surface area contributed by atoms with Crippen molar-refractivity contribution in [3.8, 4) is 0 Å². The summed E-state index contributed by atoms with van der Waals surface area (Å²) in [5.41, 5.74) is 2.62. The average Bonchev–Trinajstić information content (AvgIpc) is 3.08. The highest BCUT2D eigenvalue weighted by molar-refractivity contribution is 7.18. The van der Waals surface area contributed by atoms with Crippen molar-refractivity contribution in [2.45, 2.75) is 46.1 Å². The summed E-state index contributed by atoms with van der Waals surface area (Å²) in [6, 6.07) is 7.32. The molecule has 156 valence electrons. The molecule has 0 spiro atoms. The highest BCUT2D eigenvalue weighted by Gasteiger charge is 2.23. The summed E-state index contributed by atoms with van der Waals surface area (Å²) >= 11 is 1.62. The van der Waals surface area contributed by atoms with E-state index in [1.54, 1.807) is 23.5 Å². The topological polar surface area (TPSA) is 81.1 Å². The van der Waals surface area contributed by atoms with E-state index in [1.807, 2.05) is 12.1 Å². The molecule has 6 nitrogen and oxygen atoms in total. The predicted octanol–water partition coefficient (Wildman–Crippen LogP) is 3.14. The van der Waals surface area contributed by atoms with E-state index in [4.69, 9.17) is 0 Å². The average molecular weight is 424 g/mol. The maximum absolute atomic E-state index is 13.1.